The van der Waals surface area contributed by atoms with Gasteiger partial charge >= 0.3 is 0 Å². The van der Waals surface area contributed by atoms with Crippen LogP contribution in [0.4, 0.5) is 22.7 Å². The Balaban J connectivity index is 1.19. The predicted molar refractivity (Wildman–Crippen MR) is 209 cm³/mol. The minimum Gasteiger partial charge on any atom is -0.310 e. The minimum absolute atomic E-state index is 0.618. The van der Waals surface area contributed by atoms with Crippen molar-refractivity contribution in [3.8, 4) is 16.8 Å². The van der Waals surface area contributed by atoms with Gasteiger partial charge in [0.1, 0.15) is 0 Å². The number of nitrogens with zero attached hydrogens (tertiary/aromatic N) is 4. The Bertz CT molecular complexity index is 2920. The Morgan fingerprint density at radius 1 is 0.540 bits per heavy atom. The highest BCUT2D eigenvalue weighted by Gasteiger charge is 2.22. The molecule has 0 saturated carbocycles. The number of pyridine rings is 1. The molecule has 0 radical (unpaired) electrons. The highest BCUT2D eigenvalue weighted by atomic mass is 15.1. The summed E-state index contributed by atoms with van der Waals surface area (Å²) in [7, 11) is 0. The predicted octanol–water partition coefficient (Wildman–Crippen LogP) is 12.8. The van der Waals surface area contributed by atoms with E-state index in [0.29, 0.717) is 5.69 Å². The maximum absolute atomic E-state index is 7.56. The van der Waals surface area contributed by atoms with Gasteiger partial charge in [0.2, 0.25) is 0 Å². The fourth-order valence-electron chi connectivity index (χ4n) is 7.69. The molecular weight excluding hydrogens is 609 g/mol. The van der Waals surface area contributed by atoms with Crippen molar-refractivity contribution >= 4 is 77.0 Å². The molecule has 0 amide bonds. The summed E-state index contributed by atoms with van der Waals surface area (Å²) in [6.07, 6.45) is 1.85. The second kappa shape index (κ2) is 11.1. The quantitative estimate of drug-likeness (QED) is 0.139. The van der Waals surface area contributed by atoms with Gasteiger partial charge in [0.25, 0.3) is 0 Å². The van der Waals surface area contributed by atoms with E-state index in [-0.39, 0.29) is 0 Å². The molecule has 0 aliphatic carbocycles. The van der Waals surface area contributed by atoms with Crippen LogP contribution in [0.2, 0.25) is 0 Å². The Kier molecular flexibility index (Phi) is 6.21. The van der Waals surface area contributed by atoms with Crippen LogP contribution in [-0.4, -0.2) is 9.55 Å². The summed E-state index contributed by atoms with van der Waals surface area (Å²) in [5.41, 5.74) is 10.4. The Hall–Kier alpha value is -6.96. The Morgan fingerprint density at radius 3 is 2.08 bits per heavy atom. The van der Waals surface area contributed by atoms with Crippen molar-refractivity contribution in [3.05, 3.63) is 181 Å². The van der Waals surface area contributed by atoms with Gasteiger partial charge in [-0.1, -0.05) is 103 Å². The third-order valence-corrected chi connectivity index (χ3v) is 9.97. The number of para-hydroxylation sites is 1. The van der Waals surface area contributed by atoms with E-state index in [2.05, 4.69) is 148 Å². The summed E-state index contributed by atoms with van der Waals surface area (Å²) in [5.74, 6) is 0. The third-order valence-electron chi connectivity index (χ3n) is 9.97. The molecule has 0 bridgehead atoms. The minimum atomic E-state index is 0.618. The van der Waals surface area contributed by atoms with E-state index in [1.165, 1.54) is 43.4 Å². The first-order chi connectivity index (χ1) is 24.7. The average molecular weight is 637 g/mol. The van der Waals surface area contributed by atoms with Crippen LogP contribution in [-0.2, 0) is 0 Å². The molecule has 0 fully saturated rings. The average Bonchev–Trinajstić information content (AvgIpc) is 3.53. The summed E-state index contributed by atoms with van der Waals surface area (Å²) in [6.45, 7) is 7.56. The molecule has 4 nitrogen and oxygen atoms in total. The van der Waals surface area contributed by atoms with Crippen LogP contribution in [0.15, 0.2) is 170 Å². The van der Waals surface area contributed by atoms with Crippen molar-refractivity contribution in [2.45, 2.75) is 0 Å². The fraction of sp³-hybridized carbons (Fsp3) is 0. The smallest absolute Gasteiger partial charge is 0.187 e. The number of fused-ring (bicyclic) bond motifs is 2. The van der Waals surface area contributed by atoms with Crippen LogP contribution in [0.3, 0.4) is 0 Å². The summed E-state index contributed by atoms with van der Waals surface area (Å²) in [4.78, 5) is 10.7. The van der Waals surface area contributed by atoms with Crippen LogP contribution in [0.25, 0.3) is 75.9 Å². The number of hydrogen-bond acceptors (Lipinski definition) is 2. The summed E-state index contributed by atoms with van der Waals surface area (Å²) in [6, 6.07) is 57.9. The van der Waals surface area contributed by atoms with Gasteiger partial charge in [-0.3, -0.25) is 4.98 Å². The summed E-state index contributed by atoms with van der Waals surface area (Å²) < 4.78 is 2.41. The van der Waals surface area contributed by atoms with E-state index in [4.69, 9.17) is 11.6 Å². The molecule has 0 unspecified atom stereocenters. The molecule has 0 spiro atoms. The number of aromatic nitrogens is 2. The van der Waals surface area contributed by atoms with Crippen molar-refractivity contribution < 1.29 is 0 Å². The lowest BCUT2D eigenvalue weighted by Crippen LogP contribution is -2.10. The maximum atomic E-state index is 7.56. The number of anilines is 3. The molecule has 0 aliphatic heterocycles. The van der Waals surface area contributed by atoms with Crippen LogP contribution in [0.5, 0.6) is 0 Å². The first-order valence-corrected chi connectivity index (χ1v) is 16.7. The van der Waals surface area contributed by atoms with Gasteiger partial charge in [-0.15, -0.1) is 0 Å². The van der Waals surface area contributed by atoms with Crippen molar-refractivity contribution in [1.29, 1.82) is 0 Å². The number of hydrogen-bond donors (Lipinski definition) is 0. The van der Waals surface area contributed by atoms with Crippen molar-refractivity contribution in [1.82, 2.24) is 9.55 Å². The molecular formula is C46H28N4. The maximum Gasteiger partial charge on any atom is 0.187 e. The van der Waals surface area contributed by atoms with Gasteiger partial charge in [0.05, 0.1) is 28.8 Å². The van der Waals surface area contributed by atoms with Gasteiger partial charge in [0.15, 0.2) is 5.69 Å². The topological polar surface area (TPSA) is 25.4 Å². The summed E-state index contributed by atoms with van der Waals surface area (Å²) >= 11 is 0. The second-order valence-electron chi connectivity index (χ2n) is 12.7. The lowest BCUT2D eigenvalue weighted by atomic mass is 9.99. The highest BCUT2D eigenvalue weighted by molar-refractivity contribution is 6.27. The standard InChI is InChI=1S/C46H28N4/c1-47-35-18-23-37(24-19-35)49(36-20-15-31(16-21-36)39-12-4-10-33-11-6-28-48-46(33)39)41-26-27-43-45-40(41)25-17-32-9-5-13-42(44(32)45)50(43)38-22-14-30-7-2-3-8-34(30)29-38/h2-29H. The van der Waals surface area contributed by atoms with E-state index >= 15 is 0 Å². The molecule has 50 heavy (non-hydrogen) atoms. The molecule has 0 aliphatic rings. The molecule has 8 aromatic carbocycles. The van der Waals surface area contributed by atoms with Crippen molar-refractivity contribution in [3.63, 3.8) is 0 Å². The molecule has 4 heteroatoms. The molecule has 0 N–H and O–H groups in total. The fourth-order valence-corrected chi connectivity index (χ4v) is 7.69. The van der Waals surface area contributed by atoms with Gasteiger partial charge in [-0.25, -0.2) is 4.85 Å². The lowest BCUT2D eigenvalue weighted by Gasteiger charge is -2.27. The molecule has 10 aromatic rings. The van der Waals surface area contributed by atoms with Crippen molar-refractivity contribution in [2.24, 2.45) is 0 Å². The van der Waals surface area contributed by atoms with Gasteiger partial charge in [-0.05, 0) is 82.4 Å². The van der Waals surface area contributed by atoms with Crippen LogP contribution < -0.4 is 4.90 Å². The molecule has 10 rings (SSSR count). The number of benzene rings is 8. The third kappa shape index (κ3) is 4.28. The largest absolute Gasteiger partial charge is 0.310 e. The van der Waals surface area contributed by atoms with E-state index in [0.717, 1.165) is 44.8 Å². The lowest BCUT2D eigenvalue weighted by molar-refractivity contribution is 1.19. The zero-order chi connectivity index (χ0) is 33.2. The van der Waals surface area contributed by atoms with E-state index in [1.807, 2.05) is 36.5 Å². The van der Waals surface area contributed by atoms with Gasteiger partial charge in [-0.2, -0.15) is 0 Å². The SMILES string of the molecule is [C-]#[N+]c1ccc(N(c2ccc(-c3cccc4cccnc34)cc2)c2ccc3c4c2ccc2cccc(c24)n3-c2ccc3ccccc3c2)cc1. The zero-order valence-corrected chi connectivity index (χ0v) is 27.0. The highest BCUT2D eigenvalue weighted by Crippen LogP contribution is 2.46. The summed E-state index contributed by atoms with van der Waals surface area (Å²) in [5, 5.41) is 8.46. The second-order valence-corrected chi connectivity index (χ2v) is 12.7. The van der Waals surface area contributed by atoms with Crippen LogP contribution in [0.1, 0.15) is 0 Å². The monoisotopic (exact) mass is 636 g/mol. The molecule has 0 atom stereocenters. The number of rotatable bonds is 5. The normalized spacial score (nSPS) is 11.6. The molecule has 232 valence electrons. The molecule has 0 saturated heterocycles. The van der Waals surface area contributed by atoms with Gasteiger partial charge in [0, 0.05) is 50.4 Å². The Labute approximate surface area is 288 Å². The zero-order valence-electron chi connectivity index (χ0n) is 27.0. The van der Waals surface area contributed by atoms with E-state index in [9.17, 15) is 0 Å². The molecule has 2 heterocycles. The molecule has 2 aromatic heterocycles. The van der Waals surface area contributed by atoms with Gasteiger partial charge < -0.3 is 9.47 Å². The van der Waals surface area contributed by atoms with Crippen molar-refractivity contribution in [2.75, 3.05) is 4.90 Å². The van der Waals surface area contributed by atoms with Crippen LogP contribution >= 0.6 is 0 Å². The van der Waals surface area contributed by atoms with E-state index < -0.39 is 0 Å². The first-order valence-electron chi connectivity index (χ1n) is 16.7. The van der Waals surface area contributed by atoms with E-state index in [1.54, 1.807) is 0 Å². The first kappa shape index (κ1) is 28.1. The Morgan fingerprint density at radius 2 is 1.24 bits per heavy atom. The van der Waals surface area contributed by atoms with Crippen LogP contribution in [0, 0.1) is 6.57 Å².